The number of rotatable bonds is 13. The number of piperidine rings is 2. The minimum atomic E-state index is -0.585. The molecule has 1 amide bonds. The molecule has 2 aliphatic rings. The average Bonchev–Trinajstić information content (AvgIpc) is 2.99. The van der Waals surface area contributed by atoms with Gasteiger partial charge in [-0.1, -0.05) is 18.2 Å². The summed E-state index contributed by atoms with van der Waals surface area (Å²) in [6, 6.07) is 9.33. The van der Waals surface area contributed by atoms with Crippen LogP contribution in [0.15, 0.2) is 42.7 Å². The van der Waals surface area contributed by atoms with Crippen molar-refractivity contribution in [2.45, 2.75) is 64.2 Å². The number of halogens is 1. The molecule has 2 aromatic rings. The maximum absolute atomic E-state index is 13.5. The van der Waals surface area contributed by atoms with Gasteiger partial charge < -0.3 is 19.7 Å². The van der Waals surface area contributed by atoms with Gasteiger partial charge in [-0.25, -0.2) is 4.39 Å². The number of hydrogen-bond acceptors (Lipinski definition) is 6. The van der Waals surface area contributed by atoms with E-state index in [1.54, 1.807) is 18.5 Å². The zero-order chi connectivity index (χ0) is 28.3. The second kappa shape index (κ2) is 15.0. The fraction of sp³-hybridized carbons (Fsp3) is 0.562. The molecule has 3 heterocycles. The van der Waals surface area contributed by atoms with Crippen LogP contribution in [0.4, 0.5) is 4.39 Å². The van der Waals surface area contributed by atoms with Gasteiger partial charge in [-0.2, -0.15) is 0 Å². The van der Waals surface area contributed by atoms with E-state index in [1.165, 1.54) is 6.92 Å². The summed E-state index contributed by atoms with van der Waals surface area (Å²) in [5.41, 5.74) is 2.38. The second-order valence-corrected chi connectivity index (χ2v) is 11.2. The highest BCUT2D eigenvalue weighted by Gasteiger charge is 2.31. The first kappa shape index (κ1) is 29.8. The third-order valence-electron chi connectivity index (χ3n) is 8.20. The van der Waals surface area contributed by atoms with E-state index < -0.39 is 6.67 Å². The molecule has 2 fully saturated rings. The van der Waals surface area contributed by atoms with Gasteiger partial charge in [-0.15, -0.1) is 0 Å². The molecule has 2 saturated heterocycles. The summed E-state index contributed by atoms with van der Waals surface area (Å²) in [7, 11) is 0. The lowest BCUT2D eigenvalue weighted by molar-refractivity contribution is -0.135. The minimum Gasteiger partial charge on any atom is -0.490 e. The molecule has 2 atom stereocenters. The van der Waals surface area contributed by atoms with Crippen LogP contribution in [0.5, 0.6) is 5.75 Å². The topological polar surface area (TPSA) is 88.6 Å². The molecule has 40 heavy (non-hydrogen) atoms. The van der Waals surface area contributed by atoms with Crippen molar-refractivity contribution in [1.29, 1.82) is 0 Å². The minimum absolute atomic E-state index is 0.00763. The number of hydrogen-bond donors (Lipinski definition) is 1. The summed E-state index contributed by atoms with van der Waals surface area (Å²) in [5, 5.41) is 3.37. The van der Waals surface area contributed by atoms with E-state index in [-0.39, 0.29) is 48.8 Å². The van der Waals surface area contributed by atoms with E-state index in [0.29, 0.717) is 31.2 Å². The number of Topliss-reactive ketones (excluding diaryl/α,β-unsaturated/α-hetero) is 2. The lowest BCUT2D eigenvalue weighted by Gasteiger charge is -2.33. The molecule has 0 bridgehead atoms. The van der Waals surface area contributed by atoms with E-state index in [2.05, 4.69) is 10.3 Å². The molecule has 216 valence electrons. The highest BCUT2D eigenvalue weighted by molar-refractivity contribution is 5.85. The smallest absolute Gasteiger partial charge is 0.222 e. The molecule has 1 aromatic carbocycles. The number of pyridine rings is 1. The number of nitrogens with one attached hydrogen (secondary N) is 1. The van der Waals surface area contributed by atoms with Crippen molar-refractivity contribution >= 4 is 17.5 Å². The van der Waals surface area contributed by atoms with Crippen LogP contribution in [0.1, 0.15) is 69.8 Å². The number of para-hydroxylation sites is 1. The Morgan fingerprint density at radius 3 is 2.70 bits per heavy atom. The summed E-state index contributed by atoms with van der Waals surface area (Å²) in [5.74, 6) is 0.908. The number of ketones is 2. The first-order valence-electron chi connectivity index (χ1n) is 14.7. The van der Waals surface area contributed by atoms with Gasteiger partial charge in [0.25, 0.3) is 0 Å². The van der Waals surface area contributed by atoms with Gasteiger partial charge in [0.15, 0.2) is 0 Å². The van der Waals surface area contributed by atoms with Crippen LogP contribution in [0.25, 0.3) is 11.1 Å². The van der Waals surface area contributed by atoms with E-state index in [1.807, 2.05) is 29.2 Å². The summed E-state index contributed by atoms with van der Waals surface area (Å²) < 4.78 is 18.3. The van der Waals surface area contributed by atoms with Crippen LogP contribution in [0.2, 0.25) is 0 Å². The predicted molar refractivity (Wildman–Crippen MR) is 153 cm³/mol. The van der Waals surface area contributed by atoms with Gasteiger partial charge in [0, 0.05) is 61.8 Å². The van der Waals surface area contributed by atoms with E-state index in [9.17, 15) is 18.8 Å². The molecule has 0 radical (unpaired) electrons. The monoisotopic (exact) mass is 551 g/mol. The molecular formula is C32H42FN3O4. The molecule has 0 aliphatic carbocycles. The molecule has 0 spiro atoms. The van der Waals surface area contributed by atoms with E-state index in [0.717, 1.165) is 61.9 Å². The Kier molecular flexibility index (Phi) is 11.2. The highest BCUT2D eigenvalue weighted by atomic mass is 19.1. The summed E-state index contributed by atoms with van der Waals surface area (Å²) in [6.07, 6.45) is 9.19. The number of ether oxygens (including phenoxy) is 1. The Hall–Kier alpha value is -3.13. The first-order chi connectivity index (χ1) is 19.4. The number of carbonyl (C=O) groups excluding carboxylic acids is 3. The standard InChI is InChI=1S/C32H42FN3O4/c1-23(37)17-26(27-18-28(21-35-20-27)29-6-2-3-7-31(29)40-16-12-33)19-30(38)25-5-4-15-36(22-25)32(39)9-8-24-10-13-34-14-11-24/h2-3,6-7,18,20-21,24-26,34H,4-5,8-17,19,22H2,1H3/t25-,26-/m1/s1. The second-order valence-electron chi connectivity index (χ2n) is 11.2. The van der Waals surface area contributed by atoms with Crippen molar-refractivity contribution in [2.75, 3.05) is 39.5 Å². The van der Waals surface area contributed by atoms with Gasteiger partial charge >= 0.3 is 0 Å². The molecule has 1 N–H and O–H groups in total. The number of nitrogens with zero attached hydrogens (tertiary/aromatic N) is 2. The van der Waals surface area contributed by atoms with Crippen molar-refractivity contribution in [1.82, 2.24) is 15.2 Å². The van der Waals surface area contributed by atoms with Crippen molar-refractivity contribution in [3.8, 4) is 16.9 Å². The number of benzene rings is 1. The van der Waals surface area contributed by atoms with Gasteiger partial charge in [-0.3, -0.25) is 14.6 Å². The zero-order valence-corrected chi connectivity index (χ0v) is 23.6. The first-order valence-corrected chi connectivity index (χ1v) is 14.7. The van der Waals surface area contributed by atoms with Gasteiger partial charge in [0.05, 0.1) is 0 Å². The Bertz CT molecular complexity index is 1150. The van der Waals surface area contributed by atoms with Crippen molar-refractivity contribution in [3.05, 3.63) is 48.3 Å². The summed E-state index contributed by atoms with van der Waals surface area (Å²) >= 11 is 0. The van der Waals surface area contributed by atoms with Crippen LogP contribution >= 0.6 is 0 Å². The Balaban J connectivity index is 1.42. The third-order valence-corrected chi connectivity index (χ3v) is 8.20. The molecule has 2 aliphatic heterocycles. The maximum atomic E-state index is 13.5. The fourth-order valence-electron chi connectivity index (χ4n) is 5.99. The van der Waals surface area contributed by atoms with Crippen LogP contribution < -0.4 is 10.1 Å². The van der Waals surface area contributed by atoms with E-state index in [4.69, 9.17) is 4.74 Å². The SMILES string of the molecule is CC(=O)C[C@H](CC(=O)[C@@H]1CCCN(C(=O)CCC2CCNCC2)C1)c1cncc(-c2ccccc2OCCF)c1. The Morgan fingerprint density at radius 1 is 1.12 bits per heavy atom. The molecule has 0 saturated carbocycles. The van der Waals surface area contributed by atoms with Gasteiger partial charge in [0.1, 0.15) is 30.6 Å². The van der Waals surface area contributed by atoms with Crippen LogP contribution in [-0.2, 0) is 14.4 Å². The third kappa shape index (κ3) is 8.43. The molecule has 8 heteroatoms. The van der Waals surface area contributed by atoms with Crippen molar-refractivity contribution in [3.63, 3.8) is 0 Å². The fourth-order valence-corrected chi connectivity index (χ4v) is 5.99. The number of amides is 1. The Labute approximate surface area is 236 Å². The average molecular weight is 552 g/mol. The summed E-state index contributed by atoms with van der Waals surface area (Å²) in [6.45, 7) is 4.15. The Morgan fingerprint density at radius 2 is 1.93 bits per heavy atom. The van der Waals surface area contributed by atoms with Crippen molar-refractivity contribution in [2.24, 2.45) is 11.8 Å². The molecule has 7 nitrogen and oxygen atoms in total. The predicted octanol–water partition coefficient (Wildman–Crippen LogP) is 5.14. The largest absolute Gasteiger partial charge is 0.490 e. The number of aromatic nitrogens is 1. The van der Waals surface area contributed by atoms with Gasteiger partial charge in [-0.05, 0) is 81.6 Å². The number of likely N-dealkylation sites (tertiary alicyclic amines) is 1. The highest BCUT2D eigenvalue weighted by Crippen LogP contribution is 2.34. The molecule has 4 rings (SSSR count). The van der Waals surface area contributed by atoms with Crippen molar-refractivity contribution < 1.29 is 23.5 Å². The molecule has 0 unspecified atom stereocenters. The van der Waals surface area contributed by atoms with E-state index >= 15 is 0 Å². The molecular weight excluding hydrogens is 509 g/mol. The van der Waals surface area contributed by atoms with Crippen LogP contribution in [-0.4, -0.2) is 66.8 Å². The molecule has 1 aromatic heterocycles. The normalized spacial score (nSPS) is 18.8. The lowest BCUT2D eigenvalue weighted by Crippen LogP contribution is -2.42. The lowest BCUT2D eigenvalue weighted by atomic mass is 9.83. The van der Waals surface area contributed by atoms with Crippen LogP contribution in [0, 0.1) is 11.8 Å². The van der Waals surface area contributed by atoms with Crippen LogP contribution in [0.3, 0.4) is 0 Å². The quantitative estimate of drug-likeness (QED) is 0.371. The van der Waals surface area contributed by atoms with Gasteiger partial charge in [0.2, 0.25) is 5.91 Å². The number of carbonyl (C=O) groups is 3. The number of alkyl halides is 1. The zero-order valence-electron chi connectivity index (χ0n) is 23.6. The maximum Gasteiger partial charge on any atom is 0.222 e. The summed E-state index contributed by atoms with van der Waals surface area (Å²) in [4.78, 5) is 45.0.